The quantitative estimate of drug-likeness (QED) is 0.597. The third-order valence-corrected chi connectivity index (χ3v) is 4.70. The average molecular weight is 442 g/mol. The van der Waals surface area contributed by atoms with Crippen LogP contribution in [0, 0.1) is 17.1 Å². The minimum atomic E-state index is -3.70. The number of hydrogen-bond acceptors (Lipinski definition) is 5. The van der Waals surface area contributed by atoms with Crippen molar-refractivity contribution in [3.05, 3.63) is 47.1 Å². The van der Waals surface area contributed by atoms with Gasteiger partial charge in [-0.15, -0.1) is 0 Å². The van der Waals surface area contributed by atoms with Gasteiger partial charge in [0.2, 0.25) is 6.10 Å². The van der Waals surface area contributed by atoms with Crippen LogP contribution in [0.2, 0.25) is 5.02 Å². The van der Waals surface area contributed by atoms with Gasteiger partial charge < -0.3 is 9.72 Å². The fourth-order valence-electron chi connectivity index (χ4n) is 2.97. The minimum Gasteiger partial charge on any atom is -0.447 e. The Bertz CT molecular complexity index is 1120. The summed E-state index contributed by atoms with van der Waals surface area (Å²) in [4.78, 5) is 14.0. The fourth-order valence-corrected chi connectivity index (χ4v) is 3.22. The zero-order valence-electron chi connectivity index (χ0n) is 14.6. The first kappa shape index (κ1) is 20.0. The molecule has 154 valence electrons. The number of aromatic nitrogens is 4. The number of imidazole rings is 1. The minimum absolute atomic E-state index is 0.0290. The van der Waals surface area contributed by atoms with E-state index in [1.165, 1.54) is 12.1 Å². The van der Waals surface area contributed by atoms with E-state index < -0.39 is 36.2 Å². The van der Waals surface area contributed by atoms with Gasteiger partial charge in [0.25, 0.3) is 11.8 Å². The van der Waals surface area contributed by atoms with Crippen LogP contribution in [0.25, 0.3) is 22.6 Å². The first-order chi connectivity index (χ1) is 14.1. The van der Waals surface area contributed by atoms with E-state index in [0.29, 0.717) is 0 Å². The number of nitriles is 1. The first-order valence-corrected chi connectivity index (χ1v) is 8.69. The van der Waals surface area contributed by atoms with Gasteiger partial charge in [0.15, 0.2) is 5.69 Å². The summed E-state index contributed by atoms with van der Waals surface area (Å²) in [7, 11) is 0. The van der Waals surface area contributed by atoms with Crippen LogP contribution in [-0.4, -0.2) is 37.9 Å². The smallest absolute Gasteiger partial charge is 0.317 e. The number of alkyl halides is 4. The lowest BCUT2D eigenvalue weighted by atomic mass is 9.86. The Morgan fingerprint density at radius 3 is 2.40 bits per heavy atom. The van der Waals surface area contributed by atoms with Crippen molar-refractivity contribution >= 4 is 11.6 Å². The van der Waals surface area contributed by atoms with Gasteiger partial charge in [-0.3, -0.25) is 0 Å². The molecule has 1 aliphatic rings. The molecule has 2 heterocycles. The van der Waals surface area contributed by atoms with E-state index in [1.807, 2.05) is 6.07 Å². The molecule has 3 aromatic rings. The standard InChI is InChI=1S/C18H9ClF5N5O/c19-9-2-1-3-10(20)12(9)14-28-11(4-25)13(29-14)8-5-26-16(27-6-8)30-15-17(21,22)7-18(15,23)24/h1-3,5-6,15H,7H2,(H,28,29). The van der Waals surface area contributed by atoms with Crippen LogP contribution in [0.4, 0.5) is 22.0 Å². The van der Waals surface area contributed by atoms with E-state index >= 15 is 0 Å². The Morgan fingerprint density at radius 1 is 1.17 bits per heavy atom. The highest BCUT2D eigenvalue weighted by Gasteiger charge is 2.71. The molecule has 0 radical (unpaired) electrons. The van der Waals surface area contributed by atoms with Crippen LogP contribution in [0.1, 0.15) is 12.1 Å². The van der Waals surface area contributed by atoms with Gasteiger partial charge in [-0.05, 0) is 12.1 Å². The van der Waals surface area contributed by atoms with Gasteiger partial charge in [0.1, 0.15) is 17.7 Å². The van der Waals surface area contributed by atoms with E-state index in [9.17, 15) is 27.2 Å². The second-order valence-corrected chi connectivity index (χ2v) is 6.88. The zero-order valence-corrected chi connectivity index (χ0v) is 15.4. The molecule has 0 saturated heterocycles. The molecule has 1 saturated carbocycles. The van der Waals surface area contributed by atoms with Crippen LogP contribution in [0.15, 0.2) is 30.6 Å². The highest BCUT2D eigenvalue weighted by molar-refractivity contribution is 6.33. The number of benzene rings is 1. The highest BCUT2D eigenvalue weighted by Crippen LogP contribution is 2.50. The number of nitrogens with zero attached hydrogens (tertiary/aromatic N) is 4. The van der Waals surface area contributed by atoms with Crippen molar-refractivity contribution in [1.82, 2.24) is 19.9 Å². The summed E-state index contributed by atoms with van der Waals surface area (Å²) >= 11 is 6.00. The number of ether oxygens (including phenoxy) is 1. The number of hydrogen-bond donors (Lipinski definition) is 1. The molecule has 0 aliphatic heterocycles. The summed E-state index contributed by atoms with van der Waals surface area (Å²) < 4.78 is 71.9. The van der Waals surface area contributed by atoms with Crippen molar-refractivity contribution in [3.8, 4) is 34.7 Å². The van der Waals surface area contributed by atoms with Gasteiger partial charge in [-0.2, -0.15) is 5.26 Å². The van der Waals surface area contributed by atoms with E-state index in [-0.39, 0.29) is 33.4 Å². The van der Waals surface area contributed by atoms with Crippen LogP contribution in [0.5, 0.6) is 6.01 Å². The summed E-state index contributed by atoms with van der Waals surface area (Å²) in [6.45, 7) is 0. The van der Waals surface area contributed by atoms with E-state index in [0.717, 1.165) is 18.5 Å². The number of rotatable bonds is 4. The van der Waals surface area contributed by atoms with Gasteiger partial charge in [0.05, 0.1) is 22.7 Å². The van der Waals surface area contributed by atoms with Gasteiger partial charge >= 0.3 is 6.01 Å². The van der Waals surface area contributed by atoms with E-state index in [2.05, 4.69) is 24.7 Å². The molecular formula is C18H9ClF5N5O. The Kier molecular flexibility index (Phi) is 4.62. The maximum Gasteiger partial charge on any atom is 0.317 e. The van der Waals surface area contributed by atoms with Gasteiger partial charge in [-0.25, -0.2) is 36.9 Å². The fraction of sp³-hybridized carbons (Fsp3) is 0.222. The first-order valence-electron chi connectivity index (χ1n) is 8.31. The second-order valence-electron chi connectivity index (χ2n) is 6.47. The number of nitrogens with one attached hydrogen (secondary N) is 1. The monoisotopic (exact) mass is 441 g/mol. The molecular weight excluding hydrogens is 433 g/mol. The molecule has 1 N–H and O–H groups in total. The Balaban J connectivity index is 1.64. The lowest BCUT2D eigenvalue weighted by Gasteiger charge is -2.42. The molecule has 2 aromatic heterocycles. The maximum atomic E-state index is 14.1. The molecule has 1 aromatic carbocycles. The topological polar surface area (TPSA) is 87.5 Å². The molecule has 6 nitrogen and oxygen atoms in total. The van der Waals surface area contributed by atoms with Crippen LogP contribution >= 0.6 is 11.6 Å². The lowest BCUT2D eigenvalue weighted by Crippen LogP contribution is -2.64. The average Bonchev–Trinajstić information content (AvgIpc) is 3.09. The Labute approximate surface area is 170 Å². The summed E-state index contributed by atoms with van der Waals surface area (Å²) in [6, 6.07) is 5.14. The van der Waals surface area contributed by atoms with Crippen molar-refractivity contribution in [3.63, 3.8) is 0 Å². The van der Waals surface area contributed by atoms with Crippen molar-refractivity contribution in [2.45, 2.75) is 24.4 Å². The third-order valence-electron chi connectivity index (χ3n) is 4.39. The van der Waals surface area contributed by atoms with E-state index in [4.69, 9.17) is 11.6 Å². The number of H-pyrrole nitrogens is 1. The maximum absolute atomic E-state index is 14.1. The van der Waals surface area contributed by atoms with Crippen molar-refractivity contribution in [2.75, 3.05) is 0 Å². The predicted octanol–water partition coefficient (Wildman–Crippen LogP) is 4.62. The van der Waals surface area contributed by atoms with Gasteiger partial charge in [-0.1, -0.05) is 17.7 Å². The lowest BCUT2D eigenvalue weighted by molar-refractivity contribution is -0.302. The Morgan fingerprint density at radius 2 is 1.83 bits per heavy atom. The zero-order chi connectivity index (χ0) is 21.7. The van der Waals surface area contributed by atoms with Crippen LogP contribution in [-0.2, 0) is 0 Å². The summed E-state index contributed by atoms with van der Waals surface area (Å²) in [5.41, 5.74) is 0.0609. The molecule has 0 atom stereocenters. The third kappa shape index (κ3) is 3.33. The predicted molar refractivity (Wildman–Crippen MR) is 93.7 cm³/mol. The van der Waals surface area contributed by atoms with Crippen LogP contribution in [0.3, 0.4) is 0 Å². The van der Waals surface area contributed by atoms with Crippen LogP contribution < -0.4 is 4.74 Å². The Hall–Kier alpha value is -3.26. The summed E-state index contributed by atoms with van der Waals surface area (Å²) in [6.07, 6.45) is -2.13. The molecule has 1 fully saturated rings. The molecule has 0 bridgehead atoms. The number of aromatic amines is 1. The summed E-state index contributed by atoms with van der Waals surface area (Å²) in [5, 5.41) is 9.37. The molecule has 0 unspecified atom stereocenters. The van der Waals surface area contributed by atoms with E-state index in [1.54, 1.807) is 0 Å². The molecule has 30 heavy (non-hydrogen) atoms. The molecule has 1 aliphatic carbocycles. The highest BCUT2D eigenvalue weighted by atomic mass is 35.5. The molecule has 4 rings (SSSR count). The molecule has 0 spiro atoms. The van der Waals surface area contributed by atoms with Gasteiger partial charge in [0, 0.05) is 18.0 Å². The second kappa shape index (κ2) is 6.91. The van der Waals surface area contributed by atoms with Crippen molar-refractivity contribution in [2.24, 2.45) is 0 Å². The summed E-state index contributed by atoms with van der Waals surface area (Å²) in [5.74, 6) is -8.10. The molecule has 0 amide bonds. The largest absolute Gasteiger partial charge is 0.447 e. The van der Waals surface area contributed by atoms with Crippen molar-refractivity contribution < 1.29 is 26.7 Å². The SMILES string of the molecule is N#Cc1nc(-c2c(F)cccc2Cl)[nH]c1-c1cnc(OC2C(F)(F)CC2(F)F)nc1. The number of halogens is 6. The normalized spacial score (nSPS) is 17.2. The van der Waals surface area contributed by atoms with Crippen molar-refractivity contribution in [1.29, 1.82) is 5.26 Å². The molecule has 12 heteroatoms.